The first-order valence-electron chi connectivity index (χ1n) is 3.87. The summed E-state index contributed by atoms with van der Waals surface area (Å²) in [6, 6.07) is 3.83. The molecule has 0 atom stereocenters. The molecule has 0 nitrogen and oxygen atoms in total. The van der Waals surface area contributed by atoms with Crippen molar-refractivity contribution in [2.24, 2.45) is 0 Å². The summed E-state index contributed by atoms with van der Waals surface area (Å²) in [6.07, 6.45) is 1.41. The Balaban J connectivity index is 2.82. The monoisotopic (exact) mass is 194 g/mol. The van der Waals surface area contributed by atoms with Crippen molar-refractivity contribution in [3.05, 3.63) is 53.0 Å². The molecule has 0 fully saturated rings. The Labute approximate surface area is 81.7 Å². The van der Waals surface area contributed by atoms with Gasteiger partial charge in [-0.3, -0.25) is 0 Å². The molecule has 68 valence electrons. The topological polar surface area (TPSA) is 0 Å². The lowest BCUT2D eigenvalue weighted by Crippen LogP contribution is -1.77. The Morgan fingerprint density at radius 2 is 2.23 bits per heavy atom. The van der Waals surface area contributed by atoms with Gasteiger partial charge in [0.15, 0.2) is 0 Å². The molecule has 0 saturated heterocycles. The average Bonchev–Trinajstić information content (AvgIpc) is 2.55. The minimum Gasteiger partial charge on any atom is -0.207 e. The molecule has 0 unspecified atom stereocenters. The van der Waals surface area contributed by atoms with Crippen LogP contribution >= 0.6 is 11.3 Å². The van der Waals surface area contributed by atoms with Crippen LogP contribution in [0, 0.1) is 0 Å². The minimum absolute atomic E-state index is 0.307. The standard InChI is InChI=1S/C11H11FS/c1-8(2)10(12)7-9(3)11-5-4-6-13-11/h4-7H,1,3H2,2H3/b10-7+. The smallest absolute Gasteiger partial charge is 0.126 e. The maximum absolute atomic E-state index is 13.1. The molecule has 0 N–H and O–H groups in total. The van der Waals surface area contributed by atoms with E-state index in [-0.39, 0.29) is 5.83 Å². The SMILES string of the molecule is C=C(C)/C(F)=C\C(=C)c1cccs1. The average molecular weight is 194 g/mol. The molecule has 0 aliphatic carbocycles. The van der Waals surface area contributed by atoms with Crippen LogP contribution in [0.3, 0.4) is 0 Å². The maximum atomic E-state index is 13.1. The van der Waals surface area contributed by atoms with Crippen molar-refractivity contribution in [1.29, 1.82) is 0 Å². The number of hydrogen-bond donors (Lipinski definition) is 0. The van der Waals surface area contributed by atoms with Crippen LogP contribution in [0.2, 0.25) is 0 Å². The van der Waals surface area contributed by atoms with E-state index in [1.807, 2.05) is 17.5 Å². The molecule has 0 aliphatic rings. The highest BCUT2D eigenvalue weighted by Crippen LogP contribution is 2.22. The van der Waals surface area contributed by atoms with Gasteiger partial charge in [0.1, 0.15) is 5.83 Å². The third-order valence-corrected chi connectivity index (χ3v) is 2.49. The van der Waals surface area contributed by atoms with Crippen molar-refractivity contribution in [2.75, 3.05) is 0 Å². The van der Waals surface area contributed by atoms with Crippen molar-refractivity contribution < 1.29 is 4.39 Å². The van der Waals surface area contributed by atoms with E-state index in [9.17, 15) is 4.39 Å². The van der Waals surface area contributed by atoms with Gasteiger partial charge < -0.3 is 0 Å². The van der Waals surface area contributed by atoms with Crippen LogP contribution in [-0.2, 0) is 0 Å². The number of rotatable bonds is 3. The van der Waals surface area contributed by atoms with Crippen LogP contribution in [-0.4, -0.2) is 0 Å². The molecule has 1 heterocycles. The van der Waals surface area contributed by atoms with E-state index in [1.54, 1.807) is 18.3 Å². The molecule has 0 bridgehead atoms. The highest BCUT2D eigenvalue weighted by Gasteiger charge is 1.99. The van der Waals surface area contributed by atoms with E-state index in [0.29, 0.717) is 11.1 Å². The third kappa shape index (κ3) is 2.67. The molecule has 1 aromatic rings. The van der Waals surface area contributed by atoms with Crippen LogP contribution in [0.1, 0.15) is 11.8 Å². The first-order valence-corrected chi connectivity index (χ1v) is 4.75. The molecule has 0 spiro atoms. The number of thiophene rings is 1. The van der Waals surface area contributed by atoms with Crippen molar-refractivity contribution >= 4 is 16.9 Å². The van der Waals surface area contributed by atoms with Crippen molar-refractivity contribution in [2.45, 2.75) is 6.92 Å². The van der Waals surface area contributed by atoms with Crippen molar-refractivity contribution in [3.63, 3.8) is 0 Å². The minimum atomic E-state index is -0.307. The summed E-state index contributed by atoms with van der Waals surface area (Å²) in [6.45, 7) is 8.91. The molecule has 1 aromatic heterocycles. The van der Waals surface area contributed by atoms with Gasteiger partial charge in [0.2, 0.25) is 0 Å². The number of hydrogen-bond acceptors (Lipinski definition) is 1. The van der Waals surface area contributed by atoms with Crippen molar-refractivity contribution in [1.82, 2.24) is 0 Å². The summed E-state index contributed by atoms with van der Waals surface area (Å²) >= 11 is 1.54. The second-order valence-corrected chi connectivity index (χ2v) is 3.72. The first kappa shape index (κ1) is 9.93. The fraction of sp³-hybridized carbons (Fsp3) is 0.0909. The van der Waals surface area contributed by atoms with E-state index in [4.69, 9.17) is 0 Å². The third-order valence-electron chi connectivity index (χ3n) is 1.55. The van der Waals surface area contributed by atoms with Gasteiger partial charge in [0.25, 0.3) is 0 Å². The molecular weight excluding hydrogens is 183 g/mol. The van der Waals surface area contributed by atoms with E-state index in [1.165, 1.54) is 6.08 Å². The van der Waals surface area contributed by atoms with Gasteiger partial charge in [-0.05, 0) is 35.6 Å². The molecule has 0 radical (unpaired) electrons. The normalized spacial score (nSPS) is 11.4. The summed E-state index contributed by atoms with van der Waals surface area (Å²) in [4.78, 5) is 0.983. The number of halogens is 1. The zero-order chi connectivity index (χ0) is 9.84. The quantitative estimate of drug-likeness (QED) is 0.633. The van der Waals surface area contributed by atoms with Gasteiger partial charge in [-0.25, -0.2) is 4.39 Å². The second-order valence-electron chi connectivity index (χ2n) is 2.78. The first-order chi connectivity index (χ1) is 6.11. The van der Waals surface area contributed by atoms with Gasteiger partial charge in [-0.1, -0.05) is 19.2 Å². The van der Waals surface area contributed by atoms with Gasteiger partial charge in [-0.2, -0.15) is 0 Å². The molecule has 0 saturated carbocycles. The fourth-order valence-electron chi connectivity index (χ4n) is 0.809. The predicted molar refractivity (Wildman–Crippen MR) is 57.4 cm³/mol. The summed E-state index contributed by atoms with van der Waals surface area (Å²) in [5.74, 6) is -0.307. The van der Waals surface area contributed by atoms with Crippen LogP contribution in [0.5, 0.6) is 0 Å². The fourth-order valence-corrected chi connectivity index (χ4v) is 1.48. The van der Waals surface area contributed by atoms with E-state index in [2.05, 4.69) is 13.2 Å². The Kier molecular flexibility index (Phi) is 3.20. The highest BCUT2D eigenvalue weighted by molar-refractivity contribution is 7.11. The lowest BCUT2D eigenvalue weighted by atomic mass is 10.2. The Morgan fingerprint density at radius 3 is 2.69 bits per heavy atom. The molecule has 2 heteroatoms. The Morgan fingerprint density at radius 1 is 1.54 bits per heavy atom. The van der Waals surface area contributed by atoms with Crippen molar-refractivity contribution in [3.8, 4) is 0 Å². The zero-order valence-electron chi connectivity index (χ0n) is 7.51. The van der Waals surface area contributed by atoms with Gasteiger partial charge >= 0.3 is 0 Å². The predicted octanol–water partition coefficient (Wildman–Crippen LogP) is 4.19. The van der Waals surface area contributed by atoms with E-state index < -0.39 is 0 Å². The summed E-state index contributed by atoms with van der Waals surface area (Å²) < 4.78 is 13.1. The summed E-state index contributed by atoms with van der Waals surface area (Å²) in [5.41, 5.74) is 1.12. The summed E-state index contributed by atoms with van der Waals surface area (Å²) in [5, 5.41) is 1.94. The van der Waals surface area contributed by atoms with Crippen LogP contribution in [0.15, 0.2) is 48.1 Å². The van der Waals surface area contributed by atoms with Gasteiger partial charge in [0.05, 0.1) is 0 Å². The second kappa shape index (κ2) is 4.19. The lowest BCUT2D eigenvalue weighted by molar-refractivity contribution is 0.653. The molecule has 13 heavy (non-hydrogen) atoms. The largest absolute Gasteiger partial charge is 0.207 e. The van der Waals surface area contributed by atoms with Crippen LogP contribution in [0.25, 0.3) is 5.57 Å². The molecule has 1 rings (SSSR count). The Bertz CT molecular complexity index is 344. The number of allylic oxidation sites excluding steroid dienone is 4. The zero-order valence-corrected chi connectivity index (χ0v) is 8.33. The van der Waals surface area contributed by atoms with E-state index >= 15 is 0 Å². The molecular formula is C11H11FS. The van der Waals surface area contributed by atoms with Crippen LogP contribution < -0.4 is 0 Å². The summed E-state index contributed by atoms with van der Waals surface area (Å²) in [7, 11) is 0. The van der Waals surface area contributed by atoms with Crippen LogP contribution in [0.4, 0.5) is 4.39 Å². The Hall–Kier alpha value is -1.15. The highest BCUT2D eigenvalue weighted by atomic mass is 32.1. The molecule has 0 aromatic carbocycles. The molecule has 0 aliphatic heterocycles. The lowest BCUT2D eigenvalue weighted by Gasteiger charge is -1.96. The maximum Gasteiger partial charge on any atom is 0.126 e. The van der Waals surface area contributed by atoms with Gasteiger partial charge in [0, 0.05) is 4.88 Å². The molecule has 0 amide bonds. The van der Waals surface area contributed by atoms with E-state index in [0.717, 1.165) is 4.88 Å². The van der Waals surface area contributed by atoms with Gasteiger partial charge in [-0.15, -0.1) is 11.3 Å².